The van der Waals surface area contributed by atoms with Crippen molar-refractivity contribution in [2.45, 2.75) is 0 Å². The summed E-state index contributed by atoms with van der Waals surface area (Å²) in [5, 5.41) is 20.4. The fourth-order valence-electron chi connectivity index (χ4n) is 3.48. The fraction of sp³-hybridized carbons (Fsp3) is 0.0435. The van der Waals surface area contributed by atoms with Gasteiger partial charge in [-0.05, 0) is 12.1 Å². The number of amides is 1. The van der Waals surface area contributed by atoms with E-state index in [1.807, 2.05) is 30.3 Å². The van der Waals surface area contributed by atoms with Crippen LogP contribution in [0, 0.1) is 17.1 Å². The third kappa shape index (κ3) is 3.57. The molecule has 0 unspecified atom stereocenters. The number of aryl methyl sites for hydroxylation is 1. The van der Waals surface area contributed by atoms with Gasteiger partial charge in [-0.2, -0.15) is 10.4 Å². The number of benzene rings is 1. The van der Waals surface area contributed by atoms with Gasteiger partial charge in [0.25, 0.3) is 5.91 Å². The zero-order valence-electron chi connectivity index (χ0n) is 17.3. The predicted octanol–water partition coefficient (Wildman–Crippen LogP) is 3.45. The molecule has 9 nitrogen and oxygen atoms in total. The number of rotatable bonds is 4. The van der Waals surface area contributed by atoms with Crippen LogP contribution in [0.1, 0.15) is 16.1 Å². The third-order valence-electron chi connectivity index (χ3n) is 5.04. The first-order chi connectivity index (χ1) is 16.0. The van der Waals surface area contributed by atoms with Crippen molar-refractivity contribution in [2.75, 3.05) is 5.32 Å². The van der Waals surface area contributed by atoms with Crippen LogP contribution in [0.15, 0.2) is 67.1 Å². The van der Waals surface area contributed by atoms with Crippen molar-refractivity contribution < 1.29 is 9.18 Å². The lowest BCUT2D eigenvalue weighted by molar-refractivity contribution is 0.101. The molecule has 0 aliphatic carbocycles. The van der Waals surface area contributed by atoms with E-state index < -0.39 is 11.7 Å². The van der Waals surface area contributed by atoms with E-state index in [-0.39, 0.29) is 11.4 Å². The van der Waals surface area contributed by atoms with Gasteiger partial charge in [0, 0.05) is 24.9 Å². The highest BCUT2D eigenvalue weighted by atomic mass is 19.1. The summed E-state index contributed by atoms with van der Waals surface area (Å²) < 4.78 is 17.5. The molecule has 1 aromatic carbocycles. The molecule has 0 fully saturated rings. The largest absolute Gasteiger partial charge is 0.318 e. The standard InChI is InChI=1S/C23H15FN8O/c1-31-21(16(12-27-31)20-15(11-25)8-5-9-26-20)23(33)28-18-10-19-29-22(14-6-3-2-4-7-14)30-32(19)13-17(18)24/h2-10,12-13H,1H3,(H,28,33). The number of carbonyl (C=O) groups excluding carboxylic acids is 1. The van der Waals surface area contributed by atoms with Crippen LogP contribution < -0.4 is 5.32 Å². The Bertz CT molecular complexity index is 1550. The van der Waals surface area contributed by atoms with Crippen LogP contribution in [-0.4, -0.2) is 35.3 Å². The van der Waals surface area contributed by atoms with Gasteiger partial charge in [0.2, 0.25) is 0 Å². The van der Waals surface area contributed by atoms with Gasteiger partial charge in [0.15, 0.2) is 17.3 Å². The molecule has 0 aliphatic rings. The van der Waals surface area contributed by atoms with Crippen molar-refractivity contribution in [3.63, 3.8) is 0 Å². The summed E-state index contributed by atoms with van der Waals surface area (Å²) in [6, 6.07) is 16.0. The maximum atomic E-state index is 14.8. The minimum atomic E-state index is -0.681. The molecule has 0 spiro atoms. The van der Waals surface area contributed by atoms with E-state index in [2.05, 4.69) is 31.6 Å². The Hall–Kier alpha value is -4.91. The van der Waals surface area contributed by atoms with Crippen LogP contribution in [0.3, 0.4) is 0 Å². The van der Waals surface area contributed by atoms with Gasteiger partial charge < -0.3 is 5.32 Å². The second kappa shape index (κ2) is 7.97. The van der Waals surface area contributed by atoms with E-state index in [1.165, 1.54) is 27.7 Å². The van der Waals surface area contributed by atoms with E-state index in [1.54, 1.807) is 19.2 Å². The summed E-state index contributed by atoms with van der Waals surface area (Å²) in [6.07, 6.45) is 4.12. The molecule has 4 heterocycles. The van der Waals surface area contributed by atoms with E-state index >= 15 is 0 Å². The number of hydrogen-bond donors (Lipinski definition) is 1. The van der Waals surface area contributed by atoms with Gasteiger partial charge in [0.05, 0.1) is 34.9 Å². The fourth-order valence-corrected chi connectivity index (χ4v) is 3.48. The average molecular weight is 438 g/mol. The van der Waals surface area contributed by atoms with Gasteiger partial charge in [-0.15, -0.1) is 5.10 Å². The van der Waals surface area contributed by atoms with Gasteiger partial charge in [0.1, 0.15) is 11.8 Å². The lowest BCUT2D eigenvalue weighted by atomic mass is 10.1. The Morgan fingerprint density at radius 3 is 2.79 bits per heavy atom. The molecule has 160 valence electrons. The Morgan fingerprint density at radius 2 is 2.00 bits per heavy atom. The van der Waals surface area contributed by atoms with Crippen molar-refractivity contribution in [3.8, 4) is 28.7 Å². The topological polar surface area (TPSA) is 114 Å². The second-order valence-corrected chi connectivity index (χ2v) is 7.14. The maximum absolute atomic E-state index is 14.8. The van der Waals surface area contributed by atoms with Crippen LogP contribution in [0.5, 0.6) is 0 Å². The first-order valence-electron chi connectivity index (χ1n) is 9.85. The lowest BCUT2D eigenvalue weighted by Crippen LogP contribution is -2.18. The zero-order chi connectivity index (χ0) is 22.9. The monoisotopic (exact) mass is 438 g/mol. The minimum Gasteiger partial charge on any atom is -0.318 e. The number of hydrogen-bond acceptors (Lipinski definition) is 6. The maximum Gasteiger partial charge on any atom is 0.274 e. The molecule has 0 atom stereocenters. The smallest absolute Gasteiger partial charge is 0.274 e. The first-order valence-corrected chi connectivity index (χ1v) is 9.85. The summed E-state index contributed by atoms with van der Waals surface area (Å²) in [7, 11) is 1.58. The number of nitriles is 1. The molecule has 1 amide bonds. The number of pyridine rings is 2. The average Bonchev–Trinajstić information content (AvgIpc) is 3.42. The second-order valence-electron chi connectivity index (χ2n) is 7.14. The molecule has 0 saturated heterocycles. The minimum absolute atomic E-state index is 0.0619. The lowest BCUT2D eigenvalue weighted by Gasteiger charge is -2.09. The van der Waals surface area contributed by atoms with E-state index in [0.29, 0.717) is 28.3 Å². The van der Waals surface area contributed by atoms with Crippen molar-refractivity contribution in [1.29, 1.82) is 5.26 Å². The van der Waals surface area contributed by atoms with Crippen LogP contribution in [0.25, 0.3) is 28.3 Å². The third-order valence-corrected chi connectivity index (χ3v) is 5.04. The van der Waals surface area contributed by atoms with Crippen LogP contribution >= 0.6 is 0 Å². The molecule has 5 aromatic rings. The van der Waals surface area contributed by atoms with Gasteiger partial charge in [-0.1, -0.05) is 30.3 Å². The van der Waals surface area contributed by atoms with Crippen LogP contribution in [-0.2, 0) is 7.05 Å². The number of carbonyl (C=O) groups is 1. The van der Waals surface area contributed by atoms with E-state index in [9.17, 15) is 14.4 Å². The summed E-state index contributed by atoms with van der Waals surface area (Å²) in [6.45, 7) is 0. The molecule has 33 heavy (non-hydrogen) atoms. The Balaban J connectivity index is 1.51. The molecule has 0 bridgehead atoms. The highest BCUT2D eigenvalue weighted by Crippen LogP contribution is 2.26. The first kappa shape index (κ1) is 20.0. The van der Waals surface area contributed by atoms with E-state index in [4.69, 9.17) is 0 Å². The molecular formula is C23H15FN8O. The van der Waals surface area contributed by atoms with Crippen molar-refractivity contribution in [2.24, 2.45) is 7.05 Å². The van der Waals surface area contributed by atoms with Crippen molar-refractivity contribution in [1.82, 2.24) is 29.4 Å². The van der Waals surface area contributed by atoms with Crippen LogP contribution in [0.2, 0.25) is 0 Å². The number of nitrogens with one attached hydrogen (secondary N) is 1. The van der Waals surface area contributed by atoms with Crippen molar-refractivity contribution in [3.05, 3.63) is 84.2 Å². The summed E-state index contributed by atoms with van der Waals surface area (Å²) in [5.74, 6) is -0.850. The summed E-state index contributed by atoms with van der Waals surface area (Å²) in [5.41, 5.74) is 2.21. The summed E-state index contributed by atoms with van der Waals surface area (Å²) in [4.78, 5) is 21.8. The molecule has 0 radical (unpaired) electrons. The van der Waals surface area contributed by atoms with Gasteiger partial charge in [-0.25, -0.2) is 13.9 Å². The van der Waals surface area contributed by atoms with Gasteiger partial charge >= 0.3 is 0 Å². The molecule has 0 aliphatic heterocycles. The predicted molar refractivity (Wildman–Crippen MR) is 117 cm³/mol. The summed E-state index contributed by atoms with van der Waals surface area (Å²) >= 11 is 0. The molecular weight excluding hydrogens is 423 g/mol. The number of nitrogens with zero attached hydrogens (tertiary/aromatic N) is 7. The van der Waals surface area contributed by atoms with Crippen molar-refractivity contribution >= 4 is 17.2 Å². The Kier molecular flexibility index (Phi) is 4.84. The van der Waals surface area contributed by atoms with Crippen LogP contribution in [0.4, 0.5) is 10.1 Å². The molecule has 10 heteroatoms. The number of anilines is 1. The number of aromatic nitrogens is 6. The van der Waals surface area contributed by atoms with E-state index in [0.717, 1.165) is 11.8 Å². The number of fused-ring (bicyclic) bond motifs is 1. The number of halogens is 1. The highest BCUT2D eigenvalue weighted by Gasteiger charge is 2.22. The molecule has 5 rings (SSSR count). The molecule has 4 aromatic heterocycles. The normalized spacial score (nSPS) is 10.8. The molecule has 1 N–H and O–H groups in total. The highest BCUT2D eigenvalue weighted by molar-refractivity contribution is 6.07. The zero-order valence-corrected chi connectivity index (χ0v) is 17.3. The van der Waals surface area contributed by atoms with Gasteiger partial charge in [-0.3, -0.25) is 14.5 Å². The quantitative estimate of drug-likeness (QED) is 0.460. The SMILES string of the molecule is Cn1ncc(-c2ncccc2C#N)c1C(=O)Nc1cc2nc(-c3ccccc3)nn2cc1F. The Morgan fingerprint density at radius 1 is 1.18 bits per heavy atom. The Labute approximate surface area is 186 Å². The molecule has 0 saturated carbocycles.